The van der Waals surface area contributed by atoms with E-state index in [1.807, 2.05) is 0 Å². The molecule has 0 spiro atoms. The summed E-state index contributed by atoms with van der Waals surface area (Å²) in [4.78, 5) is 38.8. The average Bonchev–Trinajstić information content (AvgIpc) is 3.57. The van der Waals surface area contributed by atoms with Gasteiger partial charge in [-0.25, -0.2) is 18.4 Å². The van der Waals surface area contributed by atoms with Crippen LogP contribution in [0.3, 0.4) is 0 Å². The molecule has 2 fully saturated rings. The summed E-state index contributed by atoms with van der Waals surface area (Å²) in [6.45, 7) is 3.24. The molecule has 0 bridgehead atoms. The first-order valence-corrected chi connectivity index (χ1v) is 15.8. The van der Waals surface area contributed by atoms with Crippen LogP contribution in [0.5, 0.6) is 0 Å². The molecule has 3 N–H and O–H groups in total. The van der Waals surface area contributed by atoms with E-state index in [-0.39, 0.29) is 42.9 Å². The van der Waals surface area contributed by atoms with Gasteiger partial charge in [0.2, 0.25) is 5.91 Å². The summed E-state index contributed by atoms with van der Waals surface area (Å²) >= 11 is 7.40. The van der Waals surface area contributed by atoms with Gasteiger partial charge >= 0.3 is 0 Å². The first-order valence-electron chi connectivity index (χ1n) is 13.1. The maximum Gasteiger partial charge on any atom is 0.283 e. The lowest BCUT2D eigenvalue weighted by Crippen LogP contribution is -2.58. The summed E-state index contributed by atoms with van der Waals surface area (Å²) in [5.41, 5.74) is 1.52. The number of hydrazine groups is 1. The topological polar surface area (TPSA) is 145 Å². The van der Waals surface area contributed by atoms with Crippen LogP contribution >= 0.6 is 22.9 Å². The quantitative estimate of drug-likeness (QED) is 0.413. The molecule has 5 heterocycles. The fourth-order valence-electron chi connectivity index (χ4n) is 5.42. The molecule has 1 aromatic carbocycles. The standard InChI is InChI=1S/C25H30ClN7O5S2/c26-17-1-2-19-16(11-17)12-22(28-19)40(36,37)32-5-6-33(18(14-32)13-23(34)30-7-9-38-10-8-30)25(35)24-29-20-3-4-31(27)15-21(20)39-24/h1-2,11-12,18,28H,3-10,13-15,27H2. The number of morpholine rings is 1. The number of H-pyrrole nitrogens is 1. The molecule has 40 heavy (non-hydrogen) atoms. The van der Waals surface area contributed by atoms with Crippen molar-refractivity contribution in [2.45, 2.75) is 30.5 Å². The van der Waals surface area contributed by atoms with Crippen LogP contribution in [0.25, 0.3) is 10.9 Å². The molecule has 12 nitrogen and oxygen atoms in total. The number of hydrogen-bond donors (Lipinski definition) is 2. The molecular weight excluding hydrogens is 578 g/mol. The number of nitrogens with two attached hydrogens (primary N) is 1. The van der Waals surface area contributed by atoms with Crippen molar-refractivity contribution in [1.29, 1.82) is 0 Å². The van der Waals surface area contributed by atoms with Gasteiger partial charge in [-0.1, -0.05) is 11.6 Å². The van der Waals surface area contributed by atoms with Crippen LogP contribution in [0.2, 0.25) is 5.02 Å². The predicted molar refractivity (Wildman–Crippen MR) is 149 cm³/mol. The van der Waals surface area contributed by atoms with E-state index in [9.17, 15) is 18.0 Å². The Kier molecular flexibility index (Phi) is 7.59. The highest BCUT2D eigenvalue weighted by molar-refractivity contribution is 7.89. The number of fused-ring (bicyclic) bond motifs is 2. The van der Waals surface area contributed by atoms with E-state index in [2.05, 4.69) is 9.97 Å². The minimum atomic E-state index is -3.93. The molecule has 15 heteroatoms. The summed E-state index contributed by atoms with van der Waals surface area (Å²) in [7, 11) is -3.93. The number of aromatic nitrogens is 2. The van der Waals surface area contributed by atoms with Crippen molar-refractivity contribution >= 4 is 55.7 Å². The van der Waals surface area contributed by atoms with Crippen LogP contribution in [0.1, 0.15) is 26.8 Å². The number of nitrogens with zero attached hydrogens (tertiary/aromatic N) is 5. The number of carbonyl (C=O) groups excluding carboxylic acids is 2. The molecule has 6 rings (SSSR count). The van der Waals surface area contributed by atoms with Gasteiger partial charge in [-0.3, -0.25) is 15.4 Å². The van der Waals surface area contributed by atoms with Crippen LogP contribution in [0.15, 0.2) is 29.3 Å². The van der Waals surface area contributed by atoms with E-state index in [1.165, 1.54) is 15.6 Å². The molecule has 1 unspecified atom stereocenters. The molecule has 0 radical (unpaired) electrons. The van der Waals surface area contributed by atoms with Gasteiger partial charge in [0.15, 0.2) is 5.01 Å². The second-order valence-electron chi connectivity index (χ2n) is 10.2. The Morgan fingerprint density at radius 3 is 2.75 bits per heavy atom. The van der Waals surface area contributed by atoms with Gasteiger partial charge in [0.05, 0.1) is 24.9 Å². The van der Waals surface area contributed by atoms with E-state index in [4.69, 9.17) is 22.2 Å². The molecule has 1 atom stereocenters. The minimum Gasteiger partial charge on any atom is -0.378 e. The van der Waals surface area contributed by atoms with Gasteiger partial charge in [-0.05, 0) is 24.3 Å². The SMILES string of the molecule is NN1CCc2nc(C(=O)N3CCN(S(=O)(=O)c4cc5cc(Cl)ccc5[nH]4)CC3CC(=O)N3CCOCC3)sc2C1. The fourth-order valence-corrected chi connectivity index (χ4v) is 8.17. The normalized spacial score (nSPS) is 21.1. The number of amides is 2. The maximum atomic E-state index is 13.7. The third-order valence-electron chi connectivity index (χ3n) is 7.60. The highest BCUT2D eigenvalue weighted by atomic mass is 35.5. The zero-order valence-electron chi connectivity index (χ0n) is 21.7. The van der Waals surface area contributed by atoms with Gasteiger partial charge < -0.3 is 19.5 Å². The Hall–Kier alpha value is -2.59. The smallest absolute Gasteiger partial charge is 0.283 e. The number of piperazine rings is 1. The van der Waals surface area contributed by atoms with Crippen molar-refractivity contribution in [3.05, 3.63) is 44.9 Å². The Morgan fingerprint density at radius 1 is 1.15 bits per heavy atom. The lowest BCUT2D eigenvalue weighted by atomic mass is 10.1. The number of aromatic amines is 1. The summed E-state index contributed by atoms with van der Waals surface area (Å²) in [6.07, 6.45) is 0.665. The van der Waals surface area contributed by atoms with Crippen molar-refractivity contribution in [2.75, 3.05) is 52.5 Å². The second kappa shape index (κ2) is 11.0. The monoisotopic (exact) mass is 607 g/mol. The number of ether oxygens (including phenoxy) is 1. The first-order chi connectivity index (χ1) is 19.2. The van der Waals surface area contributed by atoms with E-state index >= 15 is 0 Å². The van der Waals surface area contributed by atoms with Crippen molar-refractivity contribution in [3.8, 4) is 0 Å². The van der Waals surface area contributed by atoms with Crippen molar-refractivity contribution in [2.24, 2.45) is 5.84 Å². The molecule has 214 valence electrons. The zero-order valence-corrected chi connectivity index (χ0v) is 24.1. The summed E-state index contributed by atoms with van der Waals surface area (Å²) in [5.74, 6) is 5.53. The Bertz CT molecular complexity index is 1550. The predicted octanol–water partition coefficient (Wildman–Crippen LogP) is 1.27. The number of rotatable bonds is 5. The molecule has 3 aliphatic rings. The lowest BCUT2D eigenvalue weighted by Gasteiger charge is -2.41. The summed E-state index contributed by atoms with van der Waals surface area (Å²) in [6, 6.07) is 6.02. The highest BCUT2D eigenvalue weighted by Gasteiger charge is 2.40. The number of carbonyl (C=O) groups is 2. The largest absolute Gasteiger partial charge is 0.378 e. The Morgan fingerprint density at radius 2 is 1.95 bits per heavy atom. The van der Waals surface area contributed by atoms with Gasteiger partial charge in [-0.2, -0.15) is 4.31 Å². The molecule has 3 aliphatic heterocycles. The van der Waals surface area contributed by atoms with E-state index in [0.717, 1.165) is 10.6 Å². The molecular formula is C25H30ClN7O5S2. The molecule has 0 aliphatic carbocycles. The van der Waals surface area contributed by atoms with Crippen LogP contribution in [-0.4, -0.2) is 108 Å². The number of nitrogens with one attached hydrogen (secondary N) is 1. The van der Waals surface area contributed by atoms with Crippen LogP contribution in [0.4, 0.5) is 0 Å². The minimum absolute atomic E-state index is 0.00172. The van der Waals surface area contributed by atoms with Gasteiger partial charge in [0.1, 0.15) is 5.03 Å². The molecule has 2 aromatic heterocycles. The van der Waals surface area contributed by atoms with Crippen molar-refractivity contribution in [1.82, 2.24) is 29.1 Å². The number of benzene rings is 1. The number of sulfonamides is 1. The number of thiazole rings is 1. The molecule has 2 amide bonds. The van der Waals surface area contributed by atoms with Crippen molar-refractivity contribution in [3.63, 3.8) is 0 Å². The van der Waals surface area contributed by atoms with E-state index in [0.29, 0.717) is 66.7 Å². The van der Waals surface area contributed by atoms with Crippen LogP contribution in [0, 0.1) is 0 Å². The maximum absolute atomic E-state index is 13.7. The third-order valence-corrected chi connectivity index (χ3v) is 10.7. The zero-order chi connectivity index (χ0) is 28.0. The Labute approximate surface area is 240 Å². The first kappa shape index (κ1) is 27.6. The lowest BCUT2D eigenvalue weighted by molar-refractivity contribution is -0.136. The highest BCUT2D eigenvalue weighted by Crippen LogP contribution is 2.29. The van der Waals surface area contributed by atoms with Crippen LogP contribution < -0.4 is 5.84 Å². The van der Waals surface area contributed by atoms with Crippen molar-refractivity contribution < 1.29 is 22.7 Å². The molecule has 2 saturated heterocycles. The van der Waals surface area contributed by atoms with Crippen LogP contribution in [-0.2, 0) is 32.5 Å². The summed E-state index contributed by atoms with van der Waals surface area (Å²) in [5, 5.41) is 3.27. The molecule has 3 aromatic rings. The summed E-state index contributed by atoms with van der Waals surface area (Å²) < 4.78 is 34.1. The van der Waals surface area contributed by atoms with E-state index in [1.54, 1.807) is 39.1 Å². The number of halogens is 1. The van der Waals surface area contributed by atoms with Gasteiger partial charge in [0.25, 0.3) is 15.9 Å². The van der Waals surface area contributed by atoms with E-state index < -0.39 is 16.1 Å². The third kappa shape index (κ3) is 5.36. The molecule has 0 saturated carbocycles. The Balaban J connectivity index is 1.27. The fraction of sp³-hybridized carbons (Fsp3) is 0.480. The second-order valence-corrected chi connectivity index (χ2v) is 13.6. The van der Waals surface area contributed by atoms with Gasteiger partial charge in [0, 0.05) is 79.5 Å². The average molecular weight is 608 g/mol. The van der Waals surface area contributed by atoms with Gasteiger partial charge in [-0.15, -0.1) is 11.3 Å². The number of hydrogen-bond acceptors (Lipinski definition) is 9.